The van der Waals surface area contributed by atoms with Gasteiger partial charge in [-0.2, -0.15) is 0 Å². The number of benzene rings is 7. The lowest BCUT2D eigenvalue weighted by Gasteiger charge is -2.28. The number of rotatable bonds is 8. The normalized spacial score (nSPS) is 12.9. The van der Waals surface area contributed by atoms with Crippen LogP contribution >= 0.6 is 0 Å². The van der Waals surface area contributed by atoms with Crippen molar-refractivity contribution in [1.82, 2.24) is 4.57 Å². The van der Waals surface area contributed by atoms with Crippen LogP contribution in [-0.4, -0.2) is 16.0 Å². The number of phenolic OH excluding ortho intramolecular Hbond substituents is 1. The van der Waals surface area contributed by atoms with Crippen LogP contribution in [0.1, 0.15) is 48.0 Å². The first-order valence-electron chi connectivity index (χ1n) is 18.7. The van der Waals surface area contributed by atoms with Crippen LogP contribution in [0.5, 0.6) is 5.75 Å². The monoisotopic (exact) mass is 712 g/mol. The van der Waals surface area contributed by atoms with Crippen molar-refractivity contribution in [2.45, 2.75) is 26.2 Å². The van der Waals surface area contributed by atoms with Crippen molar-refractivity contribution in [1.29, 1.82) is 0 Å². The van der Waals surface area contributed by atoms with Crippen molar-refractivity contribution < 1.29 is 9.90 Å². The van der Waals surface area contributed by atoms with Gasteiger partial charge in [-0.3, -0.25) is 4.79 Å². The summed E-state index contributed by atoms with van der Waals surface area (Å²) in [5, 5.41) is 11.3. The predicted octanol–water partition coefficient (Wildman–Crippen LogP) is 13.3. The molecule has 8 aromatic rings. The first-order chi connectivity index (χ1) is 26.9. The van der Waals surface area contributed by atoms with Gasteiger partial charge in [0.05, 0.1) is 11.2 Å². The van der Waals surface area contributed by atoms with Gasteiger partial charge in [0.15, 0.2) is 6.29 Å². The largest absolute Gasteiger partial charge is 0.508 e. The van der Waals surface area contributed by atoms with Crippen LogP contribution in [-0.2, 0) is 5.41 Å². The summed E-state index contributed by atoms with van der Waals surface area (Å²) in [6, 6.07) is 56.9. The molecule has 0 aliphatic heterocycles. The minimum absolute atomic E-state index is 0.280. The number of aromatic nitrogens is 1. The van der Waals surface area contributed by atoms with E-state index in [2.05, 4.69) is 145 Å². The van der Waals surface area contributed by atoms with E-state index in [1.165, 1.54) is 22.3 Å². The van der Waals surface area contributed by atoms with Crippen LogP contribution < -0.4 is 4.90 Å². The Labute approximate surface area is 321 Å². The minimum atomic E-state index is -0.280. The third-order valence-electron chi connectivity index (χ3n) is 11.1. The Hall–Kier alpha value is -6.91. The van der Waals surface area contributed by atoms with E-state index in [0.29, 0.717) is 5.56 Å². The van der Waals surface area contributed by atoms with Gasteiger partial charge in [0.2, 0.25) is 0 Å². The molecule has 1 aromatic heterocycles. The van der Waals surface area contributed by atoms with Crippen molar-refractivity contribution in [3.63, 3.8) is 0 Å². The Kier molecular flexibility index (Phi) is 8.32. The number of anilines is 3. The summed E-state index contributed by atoms with van der Waals surface area (Å²) < 4.78 is 2.16. The van der Waals surface area contributed by atoms with Gasteiger partial charge in [0.1, 0.15) is 5.75 Å². The Balaban J connectivity index is 1.14. The summed E-state index contributed by atoms with van der Waals surface area (Å²) in [4.78, 5) is 14.9. The van der Waals surface area contributed by atoms with E-state index in [-0.39, 0.29) is 11.2 Å². The van der Waals surface area contributed by atoms with E-state index in [9.17, 15) is 9.90 Å². The number of fused-ring (bicyclic) bond motifs is 4. The minimum Gasteiger partial charge on any atom is -0.508 e. The van der Waals surface area contributed by atoms with E-state index in [0.717, 1.165) is 67.9 Å². The maximum atomic E-state index is 12.6. The second kappa shape index (κ2) is 13.5. The van der Waals surface area contributed by atoms with Crippen LogP contribution in [0, 0.1) is 0 Å². The average molecular weight is 713 g/mol. The zero-order valence-corrected chi connectivity index (χ0v) is 31.1. The number of hydrogen-bond acceptors (Lipinski definition) is 3. The van der Waals surface area contributed by atoms with E-state index in [4.69, 9.17) is 0 Å². The van der Waals surface area contributed by atoms with Gasteiger partial charge in [-0.1, -0.05) is 111 Å². The molecule has 1 heterocycles. The number of phenols is 1. The maximum absolute atomic E-state index is 12.6. The molecule has 1 aliphatic carbocycles. The smallest absolute Gasteiger partial charge is 0.152 e. The second-order valence-corrected chi connectivity index (χ2v) is 14.7. The van der Waals surface area contributed by atoms with Crippen LogP contribution in [0.15, 0.2) is 170 Å². The molecule has 0 radical (unpaired) electrons. The van der Waals surface area contributed by atoms with Crippen LogP contribution in [0.2, 0.25) is 0 Å². The summed E-state index contributed by atoms with van der Waals surface area (Å²) in [5.74, 6) is 0.286. The fourth-order valence-corrected chi connectivity index (χ4v) is 8.35. The number of allylic oxidation sites excluding steroid dienone is 1. The Bertz CT molecular complexity index is 2740. The van der Waals surface area contributed by atoms with E-state index >= 15 is 0 Å². The number of nitrogens with zero attached hydrogens (tertiary/aromatic N) is 2. The number of carbonyl (C=O) groups is 1. The highest BCUT2D eigenvalue weighted by Gasteiger charge is 2.36. The molecular formula is C51H40N2O2. The van der Waals surface area contributed by atoms with Crippen molar-refractivity contribution in [2.75, 3.05) is 4.90 Å². The van der Waals surface area contributed by atoms with Gasteiger partial charge in [-0.25, -0.2) is 0 Å². The lowest BCUT2D eigenvalue weighted by atomic mass is 9.82. The maximum Gasteiger partial charge on any atom is 0.152 e. The zero-order valence-electron chi connectivity index (χ0n) is 31.1. The molecule has 9 rings (SSSR count). The lowest BCUT2D eigenvalue weighted by molar-refractivity contribution is 0.112. The fraction of sp³-hybridized carbons (Fsp3) is 0.0784. The van der Waals surface area contributed by atoms with E-state index in [1.807, 2.05) is 55.5 Å². The molecule has 0 atom stereocenters. The van der Waals surface area contributed by atoms with E-state index < -0.39 is 0 Å². The topological polar surface area (TPSA) is 45.5 Å². The molecule has 0 unspecified atom stereocenters. The van der Waals surface area contributed by atoms with Gasteiger partial charge < -0.3 is 14.6 Å². The summed E-state index contributed by atoms with van der Waals surface area (Å²) in [6.07, 6.45) is 4.96. The first kappa shape index (κ1) is 33.9. The van der Waals surface area contributed by atoms with E-state index in [1.54, 1.807) is 6.07 Å². The number of carbonyl (C=O) groups excluding carboxylic acids is 1. The Morgan fingerprint density at radius 1 is 0.582 bits per heavy atom. The molecule has 0 saturated carbocycles. The molecule has 0 amide bonds. The summed E-state index contributed by atoms with van der Waals surface area (Å²) in [6.45, 7) is 6.44. The average Bonchev–Trinajstić information content (AvgIpc) is 3.65. The summed E-state index contributed by atoms with van der Waals surface area (Å²) >= 11 is 0. The van der Waals surface area contributed by atoms with Crippen molar-refractivity contribution in [3.05, 3.63) is 192 Å². The van der Waals surface area contributed by atoms with Crippen molar-refractivity contribution >= 4 is 40.3 Å². The third kappa shape index (κ3) is 5.75. The Morgan fingerprint density at radius 3 is 1.76 bits per heavy atom. The van der Waals surface area contributed by atoms with Gasteiger partial charge in [-0.05, 0) is 130 Å². The van der Waals surface area contributed by atoms with Gasteiger partial charge in [-0.15, -0.1) is 0 Å². The molecular weight excluding hydrogens is 673 g/mol. The molecule has 0 fully saturated rings. The lowest BCUT2D eigenvalue weighted by Crippen LogP contribution is -2.16. The molecule has 0 saturated heterocycles. The molecule has 4 nitrogen and oxygen atoms in total. The zero-order chi connectivity index (χ0) is 37.7. The molecule has 1 N–H and O–H groups in total. The summed E-state index contributed by atoms with van der Waals surface area (Å²) in [5.41, 5.74) is 15.6. The van der Waals surface area contributed by atoms with Gasteiger partial charge in [0, 0.05) is 39.1 Å². The van der Waals surface area contributed by atoms with Gasteiger partial charge >= 0.3 is 0 Å². The SMILES string of the molecule is C/C=C\c1c(C=O)c2cc(-c3ccc(N(c4ccc(-c5ccccc5)cc4)c4ccc5c(c4)C(C)(C)c4cc(O)ccc4-5)cc3)ccc2n1-c1ccccc1. The quantitative estimate of drug-likeness (QED) is 0.160. The van der Waals surface area contributed by atoms with Gasteiger partial charge in [0.25, 0.3) is 0 Å². The highest BCUT2D eigenvalue weighted by Crippen LogP contribution is 2.51. The number of hydrogen-bond donors (Lipinski definition) is 1. The fourth-order valence-electron chi connectivity index (χ4n) is 8.35. The van der Waals surface area contributed by atoms with Crippen LogP contribution in [0.4, 0.5) is 17.1 Å². The predicted molar refractivity (Wildman–Crippen MR) is 228 cm³/mol. The molecule has 7 aromatic carbocycles. The molecule has 266 valence electrons. The molecule has 4 heteroatoms. The number of aldehydes is 1. The standard InChI is InChI=1S/C51H40N2O2/c1-4-11-49-46(33-54)45-30-37(20-29-50(45)53(49)38-14-9-6-10-15-38)36-18-23-40(24-19-36)52(39-21-16-35(17-22-39)34-12-7-5-8-13-34)41-25-27-43-44-28-26-42(55)32-48(44)51(2,3)47(43)31-41/h4-33,55H,1-3H3/b11-4-. The van der Waals surface area contributed by atoms with Crippen LogP contribution in [0.25, 0.3) is 56.0 Å². The second-order valence-electron chi connectivity index (χ2n) is 14.7. The highest BCUT2D eigenvalue weighted by atomic mass is 16.3. The third-order valence-corrected chi connectivity index (χ3v) is 11.1. The molecule has 0 spiro atoms. The number of para-hydroxylation sites is 1. The molecule has 1 aliphatic rings. The first-order valence-corrected chi connectivity index (χ1v) is 18.7. The van der Waals surface area contributed by atoms with Crippen molar-refractivity contribution in [2.24, 2.45) is 0 Å². The Morgan fingerprint density at radius 2 is 1.13 bits per heavy atom. The summed E-state index contributed by atoms with van der Waals surface area (Å²) in [7, 11) is 0. The highest BCUT2D eigenvalue weighted by molar-refractivity contribution is 6.04. The van der Waals surface area contributed by atoms with Crippen molar-refractivity contribution in [3.8, 4) is 44.8 Å². The van der Waals surface area contributed by atoms with Crippen LogP contribution in [0.3, 0.4) is 0 Å². The molecule has 55 heavy (non-hydrogen) atoms. The molecule has 0 bridgehead atoms. The number of aromatic hydroxyl groups is 1.